The lowest BCUT2D eigenvalue weighted by Gasteiger charge is -2.26. The van der Waals surface area contributed by atoms with Crippen molar-refractivity contribution in [2.24, 2.45) is 5.92 Å². The van der Waals surface area contributed by atoms with Gasteiger partial charge in [0.05, 0.1) is 19.1 Å². The maximum Gasteiger partial charge on any atom is 0.262 e. The van der Waals surface area contributed by atoms with Crippen LogP contribution >= 0.6 is 0 Å². The quantitative estimate of drug-likeness (QED) is 0.453. The summed E-state index contributed by atoms with van der Waals surface area (Å²) in [7, 11) is 0. The number of nitrogens with zero attached hydrogens (tertiary/aromatic N) is 2. The lowest BCUT2D eigenvalue weighted by Crippen LogP contribution is -2.39. The van der Waals surface area contributed by atoms with Crippen LogP contribution in [0.15, 0.2) is 48.5 Å². The second-order valence-corrected chi connectivity index (χ2v) is 9.39. The summed E-state index contributed by atoms with van der Waals surface area (Å²) in [4.78, 5) is 41.4. The van der Waals surface area contributed by atoms with E-state index in [-0.39, 0.29) is 36.7 Å². The van der Waals surface area contributed by atoms with Gasteiger partial charge in [0.1, 0.15) is 5.75 Å². The Bertz CT molecular complexity index is 1050. The van der Waals surface area contributed by atoms with Crippen LogP contribution < -0.4 is 20.3 Å². The van der Waals surface area contributed by atoms with Crippen LogP contribution in [0.1, 0.15) is 25.3 Å². The fourth-order valence-corrected chi connectivity index (χ4v) is 4.51. The molecule has 0 bridgehead atoms. The predicted molar refractivity (Wildman–Crippen MR) is 142 cm³/mol. The second-order valence-electron chi connectivity index (χ2n) is 9.39. The largest absolute Gasteiger partial charge is 0.484 e. The van der Waals surface area contributed by atoms with Gasteiger partial charge in [-0.25, -0.2) is 0 Å². The first-order chi connectivity index (χ1) is 18.0. The van der Waals surface area contributed by atoms with Gasteiger partial charge in [-0.05, 0) is 61.3 Å². The average Bonchev–Trinajstić information content (AvgIpc) is 3.32. The summed E-state index contributed by atoms with van der Waals surface area (Å²) in [6.07, 6.45) is 2.02. The van der Waals surface area contributed by atoms with Gasteiger partial charge in [0.15, 0.2) is 6.61 Å². The molecule has 0 aliphatic carbocycles. The number of carbonyl (C=O) groups is 3. The van der Waals surface area contributed by atoms with Gasteiger partial charge in [-0.2, -0.15) is 0 Å². The highest BCUT2D eigenvalue weighted by Crippen LogP contribution is 2.27. The molecular weight excluding hydrogens is 472 g/mol. The van der Waals surface area contributed by atoms with Gasteiger partial charge in [-0.15, -0.1) is 0 Å². The van der Waals surface area contributed by atoms with Crippen molar-refractivity contribution >= 4 is 29.1 Å². The number of hydrogen-bond donors (Lipinski definition) is 2. The Morgan fingerprint density at radius 2 is 1.78 bits per heavy atom. The van der Waals surface area contributed by atoms with E-state index in [0.29, 0.717) is 24.5 Å². The Hall–Kier alpha value is -3.43. The predicted octanol–water partition coefficient (Wildman–Crippen LogP) is 2.46. The molecule has 2 fully saturated rings. The van der Waals surface area contributed by atoms with Gasteiger partial charge < -0.3 is 25.0 Å². The molecule has 0 spiro atoms. The molecule has 37 heavy (non-hydrogen) atoms. The third kappa shape index (κ3) is 7.77. The molecule has 3 amide bonds. The molecule has 2 aliphatic heterocycles. The molecule has 9 heteroatoms. The average molecular weight is 509 g/mol. The van der Waals surface area contributed by atoms with E-state index in [1.54, 1.807) is 29.2 Å². The summed E-state index contributed by atoms with van der Waals surface area (Å²) in [5, 5.41) is 5.80. The minimum Gasteiger partial charge on any atom is -0.484 e. The number of morpholine rings is 1. The first-order valence-electron chi connectivity index (χ1n) is 13.0. The summed E-state index contributed by atoms with van der Waals surface area (Å²) in [5.74, 6) is -0.228. The maximum absolute atomic E-state index is 12.6. The molecule has 2 saturated heterocycles. The van der Waals surface area contributed by atoms with Crippen molar-refractivity contribution in [1.29, 1.82) is 0 Å². The van der Waals surface area contributed by atoms with E-state index in [4.69, 9.17) is 9.47 Å². The van der Waals surface area contributed by atoms with Crippen LogP contribution in [0.3, 0.4) is 0 Å². The van der Waals surface area contributed by atoms with Gasteiger partial charge in [-0.1, -0.05) is 19.1 Å². The molecule has 0 saturated carbocycles. The standard InChI is InChI=1S/C28H36N4O5/c1-2-21-4-6-23(7-5-21)30-26(33)20-37-25-10-8-24(9-11-25)32-19-22(18-27(32)34)28(35)29-12-3-13-31-14-16-36-17-15-31/h4-11,22H,2-3,12-20H2,1H3,(H,29,35)(H,30,33)/t22-/m1/s1. The number of nitrogens with one attached hydrogen (secondary N) is 2. The van der Waals surface area contributed by atoms with Crippen LogP contribution in [0.4, 0.5) is 11.4 Å². The van der Waals surface area contributed by atoms with Crippen LogP contribution in [-0.2, 0) is 25.5 Å². The Labute approximate surface area is 218 Å². The maximum atomic E-state index is 12.6. The van der Waals surface area contributed by atoms with Gasteiger partial charge in [-0.3, -0.25) is 19.3 Å². The first-order valence-corrected chi connectivity index (χ1v) is 13.0. The number of amides is 3. The zero-order valence-electron chi connectivity index (χ0n) is 21.4. The zero-order chi connectivity index (χ0) is 26.0. The minimum absolute atomic E-state index is 0.0735. The molecule has 2 heterocycles. The van der Waals surface area contributed by atoms with Crippen molar-refractivity contribution in [3.8, 4) is 5.75 Å². The Balaban J connectivity index is 1.18. The molecule has 2 aliphatic rings. The van der Waals surface area contributed by atoms with E-state index in [1.165, 1.54) is 5.56 Å². The van der Waals surface area contributed by atoms with Gasteiger partial charge >= 0.3 is 0 Å². The molecule has 0 unspecified atom stereocenters. The van der Waals surface area contributed by atoms with Crippen molar-refractivity contribution < 1.29 is 23.9 Å². The third-order valence-electron chi connectivity index (χ3n) is 6.71. The Morgan fingerprint density at radius 3 is 2.49 bits per heavy atom. The fraction of sp³-hybridized carbons (Fsp3) is 0.464. The number of carbonyl (C=O) groups excluding carboxylic acids is 3. The summed E-state index contributed by atoms with van der Waals surface area (Å²) < 4.78 is 10.9. The molecule has 2 N–H and O–H groups in total. The molecular formula is C28H36N4O5. The summed E-state index contributed by atoms with van der Waals surface area (Å²) in [5.41, 5.74) is 2.64. The highest BCUT2D eigenvalue weighted by Gasteiger charge is 2.35. The zero-order valence-corrected chi connectivity index (χ0v) is 21.4. The van der Waals surface area contributed by atoms with Crippen molar-refractivity contribution in [1.82, 2.24) is 10.2 Å². The summed E-state index contributed by atoms with van der Waals surface area (Å²) in [6.45, 7) is 7.25. The smallest absolute Gasteiger partial charge is 0.262 e. The van der Waals surface area contributed by atoms with E-state index < -0.39 is 0 Å². The second kappa shape index (κ2) is 13.2. The molecule has 0 aromatic heterocycles. The van der Waals surface area contributed by atoms with E-state index in [1.807, 2.05) is 24.3 Å². The number of aryl methyl sites for hydroxylation is 1. The Kier molecular flexibility index (Phi) is 9.51. The molecule has 198 valence electrons. The van der Waals surface area contributed by atoms with Crippen LogP contribution in [-0.4, -0.2) is 75.2 Å². The topological polar surface area (TPSA) is 100 Å². The van der Waals surface area contributed by atoms with E-state index in [0.717, 1.165) is 51.4 Å². The van der Waals surface area contributed by atoms with Gasteiger partial charge in [0, 0.05) is 44.0 Å². The number of anilines is 2. The van der Waals surface area contributed by atoms with Crippen LogP contribution in [0.2, 0.25) is 0 Å². The fourth-order valence-electron chi connectivity index (χ4n) is 4.51. The molecule has 2 aromatic carbocycles. The minimum atomic E-state index is -0.359. The summed E-state index contributed by atoms with van der Waals surface area (Å²) in [6, 6.07) is 14.7. The normalized spacial score (nSPS) is 18.0. The third-order valence-corrected chi connectivity index (χ3v) is 6.71. The molecule has 0 radical (unpaired) electrons. The van der Waals surface area contributed by atoms with Crippen molar-refractivity contribution in [3.05, 3.63) is 54.1 Å². The van der Waals surface area contributed by atoms with E-state index in [2.05, 4.69) is 22.5 Å². The lowest BCUT2D eigenvalue weighted by molar-refractivity contribution is -0.126. The molecule has 2 aromatic rings. The van der Waals surface area contributed by atoms with Crippen molar-refractivity contribution in [3.63, 3.8) is 0 Å². The lowest BCUT2D eigenvalue weighted by atomic mass is 10.1. The SMILES string of the molecule is CCc1ccc(NC(=O)COc2ccc(N3C[C@H](C(=O)NCCCN4CCOCC4)CC3=O)cc2)cc1. The van der Waals surface area contributed by atoms with Crippen LogP contribution in [0, 0.1) is 5.92 Å². The van der Waals surface area contributed by atoms with E-state index in [9.17, 15) is 14.4 Å². The van der Waals surface area contributed by atoms with Crippen molar-refractivity contribution in [2.75, 3.05) is 62.8 Å². The molecule has 1 atom stereocenters. The summed E-state index contributed by atoms with van der Waals surface area (Å²) >= 11 is 0. The Morgan fingerprint density at radius 1 is 1.05 bits per heavy atom. The van der Waals surface area contributed by atoms with Crippen LogP contribution in [0.25, 0.3) is 0 Å². The van der Waals surface area contributed by atoms with E-state index >= 15 is 0 Å². The number of benzene rings is 2. The van der Waals surface area contributed by atoms with Gasteiger partial charge in [0.2, 0.25) is 11.8 Å². The van der Waals surface area contributed by atoms with Crippen LogP contribution in [0.5, 0.6) is 5.75 Å². The monoisotopic (exact) mass is 508 g/mol. The molecule has 4 rings (SSSR count). The van der Waals surface area contributed by atoms with Gasteiger partial charge in [0.25, 0.3) is 5.91 Å². The number of rotatable bonds is 11. The highest BCUT2D eigenvalue weighted by atomic mass is 16.5. The van der Waals surface area contributed by atoms with Crippen molar-refractivity contribution in [2.45, 2.75) is 26.2 Å². The molecule has 9 nitrogen and oxygen atoms in total. The number of ether oxygens (including phenoxy) is 2. The first kappa shape index (κ1) is 26.6. The number of hydrogen-bond acceptors (Lipinski definition) is 6. The highest BCUT2D eigenvalue weighted by molar-refractivity contribution is 6.00.